The Hall–Kier alpha value is -3.10. The van der Waals surface area contributed by atoms with Crippen molar-refractivity contribution >= 4 is 34.9 Å². The highest BCUT2D eigenvalue weighted by atomic mass is 35.5. The number of Topliss-reactive ketones (excluding diaryl/α,β-unsaturated/α-hetero) is 1. The summed E-state index contributed by atoms with van der Waals surface area (Å²) in [5, 5.41) is 5.81. The topological polar surface area (TPSA) is 78.6 Å². The van der Waals surface area contributed by atoms with Crippen LogP contribution in [0.5, 0.6) is 11.5 Å². The molecule has 1 aliphatic carbocycles. The quantitative estimate of drug-likeness (QED) is 0.359. The Balaban J connectivity index is 1.41. The number of fused-ring (bicyclic) bond motifs is 2. The third kappa shape index (κ3) is 4.41. The lowest BCUT2D eigenvalue weighted by Crippen LogP contribution is -2.21. The lowest BCUT2D eigenvalue weighted by Gasteiger charge is -2.24. The van der Waals surface area contributed by atoms with Gasteiger partial charge in [-0.25, -0.2) is 9.50 Å². The summed E-state index contributed by atoms with van der Waals surface area (Å²) in [5.74, 6) is 2.60. The van der Waals surface area contributed by atoms with Gasteiger partial charge in [0, 0.05) is 35.4 Å². The summed E-state index contributed by atoms with van der Waals surface area (Å²) in [6, 6.07) is 13.4. The van der Waals surface area contributed by atoms with Gasteiger partial charge in [-0.05, 0) is 35.7 Å². The predicted octanol–water partition coefficient (Wildman–Crippen LogP) is 5.00. The number of nitrogens with zero attached hydrogens (tertiary/aromatic N) is 4. The number of thioether (sulfide) groups is 1. The Morgan fingerprint density at radius 1 is 1.12 bits per heavy atom. The molecule has 2 aromatic carbocycles. The molecule has 33 heavy (non-hydrogen) atoms. The number of rotatable bonds is 6. The zero-order valence-electron chi connectivity index (χ0n) is 18.1. The van der Waals surface area contributed by atoms with Crippen molar-refractivity contribution in [2.24, 2.45) is 0 Å². The minimum Gasteiger partial charge on any atom is -0.497 e. The molecule has 4 aromatic rings. The van der Waals surface area contributed by atoms with Gasteiger partial charge >= 0.3 is 0 Å². The molecule has 0 radical (unpaired) electrons. The molecule has 5 rings (SSSR count). The summed E-state index contributed by atoms with van der Waals surface area (Å²) in [6.07, 6.45) is 2.75. The van der Waals surface area contributed by atoms with Crippen LogP contribution < -0.4 is 9.47 Å². The maximum atomic E-state index is 13.0. The van der Waals surface area contributed by atoms with Crippen LogP contribution in [0.15, 0.2) is 53.8 Å². The van der Waals surface area contributed by atoms with E-state index in [1.165, 1.54) is 11.8 Å². The smallest absolute Gasteiger partial charge is 0.253 e. The number of carbonyl (C=O) groups is 1. The van der Waals surface area contributed by atoms with Crippen molar-refractivity contribution < 1.29 is 14.3 Å². The number of carbonyl (C=O) groups excluding carboxylic acids is 1. The van der Waals surface area contributed by atoms with E-state index in [-0.39, 0.29) is 11.7 Å². The molecule has 0 amide bonds. The zero-order chi connectivity index (χ0) is 22.9. The Kier molecular flexibility index (Phi) is 5.95. The van der Waals surface area contributed by atoms with Crippen LogP contribution in [0, 0.1) is 0 Å². The second-order valence-corrected chi connectivity index (χ2v) is 9.17. The molecule has 0 unspecified atom stereocenters. The third-order valence-electron chi connectivity index (χ3n) is 5.70. The predicted molar refractivity (Wildman–Crippen MR) is 127 cm³/mol. The van der Waals surface area contributed by atoms with E-state index in [0.717, 1.165) is 16.8 Å². The monoisotopic (exact) mass is 480 g/mol. The van der Waals surface area contributed by atoms with Crippen LogP contribution in [-0.2, 0) is 12.2 Å². The van der Waals surface area contributed by atoms with Gasteiger partial charge in [-0.2, -0.15) is 4.98 Å². The fourth-order valence-electron chi connectivity index (χ4n) is 4.08. The number of ketones is 1. The van der Waals surface area contributed by atoms with E-state index in [4.69, 9.17) is 21.1 Å². The molecule has 1 atom stereocenters. The minimum absolute atomic E-state index is 0.0274. The number of hydrogen-bond acceptors (Lipinski definition) is 7. The highest BCUT2D eigenvalue weighted by Crippen LogP contribution is 2.38. The first-order valence-electron chi connectivity index (χ1n) is 10.4. The standard InChI is InChI=1S/C24H21ClN4O3S/c1-31-17-6-7-18(22(11-17)32-2)15-9-20-19(21(30)10-15)12-29-23(26-20)27-24(28-29)33-13-14-4-3-5-16(25)8-14/h3-8,11-12,15H,9-10,13H2,1-2H3/t15-/m0/s1. The molecule has 0 aliphatic heterocycles. The van der Waals surface area contributed by atoms with Crippen molar-refractivity contribution in [3.8, 4) is 11.5 Å². The van der Waals surface area contributed by atoms with E-state index in [9.17, 15) is 4.79 Å². The van der Waals surface area contributed by atoms with Crippen LogP contribution in [0.2, 0.25) is 5.02 Å². The maximum absolute atomic E-state index is 13.0. The van der Waals surface area contributed by atoms with Gasteiger partial charge in [0.2, 0.25) is 5.16 Å². The lowest BCUT2D eigenvalue weighted by molar-refractivity contribution is 0.0962. The largest absolute Gasteiger partial charge is 0.497 e. The summed E-state index contributed by atoms with van der Waals surface area (Å²) >= 11 is 7.57. The number of aromatic nitrogens is 4. The molecule has 2 heterocycles. The van der Waals surface area contributed by atoms with Crippen LogP contribution in [0.4, 0.5) is 0 Å². The fourth-order valence-corrected chi connectivity index (χ4v) is 5.06. The summed E-state index contributed by atoms with van der Waals surface area (Å²) in [5.41, 5.74) is 3.39. The molecule has 0 N–H and O–H groups in total. The summed E-state index contributed by atoms with van der Waals surface area (Å²) < 4.78 is 12.4. The van der Waals surface area contributed by atoms with Gasteiger partial charge in [0.05, 0.1) is 25.5 Å². The Bertz CT molecular complexity index is 1360. The van der Waals surface area contributed by atoms with Crippen LogP contribution in [-0.4, -0.2) is 39.6 Å². The van der Waals surface area contributed by atoms with Gasteiger partial charge in [0.15, 0.2) is 5.78 Å². The van der Waals surface area contributed by atoms with Crippen LogP contribution in [0.3, 0.4) is 0 Å². The molecule has 1 aliphatic rings. The molecule has 0 spiro atoms. The molecular formula is C24H21ClN4O3S. The number of methoxy groups -OCH3 is 2. The molecule has 0 saturated carbocycles. The molecule has 0 bridgehead atoms. The highest BCUT2D eigenvalue weighted by molar-refractivity contribution is 7.98. The van der Waals surface area contributed by atoms with Crippen molar-refractivity contribution in [2.75, 3.05) is 14.2 Å². The van der Waals surface area contributed by atoms with Gasteiger partial charge in [-0.15, -0.1) is 5.10 Å². The first-order valence-corrected chi connectivity index (χ1v) is 11.8. The normalized spacial score (nSPS) is 15.5. The summed E-state index contributed by atoms with van der Waals surface area (Å²) in [7, 11) is 3.24. The third-order valence-corrected chi connectivity index (χ3v) is 6.84. The molecule has 0 saturated heterocycles. The lowest BCUT2D eigenvalue weighted by atomic mass is 9.82. The molecule has 7 nitrogen and oxygen atoms in total. The average Bonchev–Trinajstić information content (AvgIpc) is 3.23. The zero-order valence-corrected chi connectivity index (χ0v) is 19.7. The van der Waals surface area contributed by atoms with E-state index in [1.807, 2.05) is 42.5 Å². The molecule has 168 valence electrons. The fraction of sp³-hybridized carbons (Fsp3) is 0.250. The van der Waals surface area contributed by atoms with E-state index in [1.54, 1.807) is 24.9 Å². The van der Waals surface area contributed by atoms with Gasteiger partial charge < -0.3 is 9.47 Å². The van der Waals surface area contributed by atoms with Crippen LogP contribution in [0.25, 0.3) is 5.78 Å². The number of ether oxygens (including phenoxy) is 2. The van der Waals surface area contributed by atoms with Gasteiger partial charge in [-0.1, -0.05) is 41.6 Å². The number of hydrogen-bond donors (Lipinski definition) is 0. The van der Waals surface area contributed by atoms with Gasteiger partial charge in [0.25, 0.3) is 5.78 Å². The second kappa shape index (κ2) is 9.03. The summed E-state index contributed by atoms with van der Waals surface area (Å²) in [6.45, 7) is 0. The summed E-state index contributed by atoms with van der Waals surface area (Å²) in [4.78, 5) is 22.2. The molecular weight excluding hydrogens is 460 g/mol. The van der Waals surface area contributed by atoms with Gasteiger partial charge in [-0.3, -0.25) is 4.79 Å². The van der Waals surface area contributed by atoms with Crippen molar-refractivity contribution in [3.05, 3.63) is 76.1 Å². The highest BCUT2D eigenvalue weighted by Gasteiger charge is 2.30. The van der Waals surface area contributed by atoms with Crippen molar-refractivity contribution in [1.82, 2.24) is 19.6 Å². The Labute approximate surface area is 200 Å². The number of halogens is 1. The van der Waals surface area contributed by atoms with Gasteiger partial charge in [0.1, 0.15) is 11.5 Å². The van der Waals surface area contributed by atoms with E-state index in [0.29, 0.717) is 51.6 Å². The van der Waals surface area contributed by atoms with Crippen molar-refractivity contribution in [1.29, 1.82) is 0 Å². The van der Waals surface area contributed by atoms with Crippen LogP contribution in [0.1, 0.15) is 39.5 Å². The van der Waals surface area contributed by atoms with Crippen LogP contribution >= 0.6 is 23.4 Å². The van der Waals surface area contributed by atoms with E-state index < -0.39 is 0 Å². The first-order chi connectivity index (χ1) is 16.0. The van der Waals surface area contributed by atoms with E-state index >= 15 is 0 Å². The molecule has 9 heteroatoms. The number of benzene rings is 2. The molecule has 0 fully saturated rings. The Morgan fingerprint density at radius 3 is 2.79 bits per heavy atom. The Morgan fingerprint density at radius 2 is 2.00 bits per heavy atom. The minimum atomic E-state index is -0.0274. The van der Waals surface area contributed by atoms with E-state index in [2.05, 4.69) is 15.1 Å². The maximum Gasteiger partial charge on any atom is 0.253 e. The SMILES string of the molecule is COc1ccc([C@@H]2CC(=O)c3cn4nc(SCc5cccc(Cl)c5)nc4nc3C2)c(OC)c1. The second-order valence-electron chi connectivity index (χ2n) is 7.80. The average molecular weight is 481 g/mol. The first kappa shape index (κ1) is 21.7. The molecule has 2 aromatic heterocycles. The van der Waals surface area contributed by atoms with Crippen molar-refractivity contribution in [2.45, 2.75) is 29.7 Å². The van der Waals surface area contributed by atoms with Crippen molar-refractivity contribution in [3.63, 3.8) is 0 Å².